The summed E-state index contributed by atoms with van der Waals surface area (Å²) in [5, 5.41) is 11.9. The zero-order valence-electron chi connectivity index (χ0n) is 30.9. The molecule has 2 heterocycles. The fourth-order valence-electron chi connectivity index (χ4n) is 9.13. The second-order valence-electron chi connectivity index (χ2n) is 14.9. The number of nitrogens with zero attached hydrogens (tertiary/aromatic N) is 2. The van der Waals surface area contributed by atoms with Crippen LogP contribution in [0.25, 0.3) is 92.9 Å². The fourth-order valence-corrected chi connectivity index (χ4v) is 9.13. The average molecular weight is 727 g/mol. The molecule has 266 valence electrons. The molecule has 12 rings (SSSR count). The summed E-state index contributed by atoms with van der Waals surface area (Å²) in [5.74, 6) is 0. The summed E-state index contributed by atoms with van der Waals surface area (Å²) in [5.41, 5.74) is 10.7. The number of benzene rings is 10. The molecule has 0 fully saturated rings. The second-order valence-corrected chi connectivity index (χ2v) is 14.9. The van der Waals surface area contributed by atoms with E-state index in [4.69, 9.17) is 4.42 Å². The molecule has 0 saturated heterocycles. The Morgan fingerprint density at radius 1 is 0.351 bits per heavy atom. The molecule has 0 saturated carbocycles. The predicted molar refractivity (Wildman–Crippen MR) is 241 cm³/mol. The number of aromatic nitrogens is 1. The average Bonchev–Trinajstić information content (AvgIpc) is 3.83. The lowest BCUT2D eigenvalue weighted by Crippen LogP contribution is -2.10. The zero-order chi connectivity index (χ0) is 37.5. The number of rotatable bonds is 5. The lowest BCUT2D eigenvalue weighted by atomic mass is 9.97. The largest absolute Gasteiger partial charge is 0.456 e. The van der Waals surface area contributed by atoms with Crippen LogP contribution in [-0.2, 0) is 0 Å². The topological polar surface area (TPSA) is 21.3 Å². The molecule has 0 aliphatic rings. The first-order chi connectivity index (χ1) is 28.3. The van der Waals surface area contributed by atoms with Crippen LogP contribution >= 0.6 is 0 Å². The lowest BCUT2D eigenvalue weighted by molar-refractivity contribution is 0.669. The third-order valence-electron chi connectivity index (χ3n) is 11.7. The second kappa shape index (κ2) is 12.5. The molecule has 0 N–H and O–H groups in total. The first-order valence-corrected chi connectivity index (χ1v) is 19.5. The van der Waals surface area contributed by atoms with Gasteiger partial charge < -0.3 is 13.9 Å². The van der Waals surface area contributed by atoms with E-state index in [2.05, 4.69) is 216 Å². The molecule has 3 nitrogen and oxygen atoms in total. The highest BCUT2D eigenvalue weighted by atomic mass is 16.3. The molecule has 0 unspecified atom stereocenters. The molecular formula is C54H34N2O. The summed E-state index contributed by atoms with van der Waals surface area (Å²) in [6.07, 6.45) is 0. The summed E-state index contributed by atoms with van der Waals surface area (Å²) in [7, 11) is 0. The van der Waals surface area contributed by atoms with Crippen LogP contribution in [0.3, 0.4) is 0 Å². The third kappa shape index (κ3) is 4.92. The quantitative estimate of drug-likeness (QED) is 0.165. The number of fused-ring (bicyclic) bond motifs is 11. The molecule has 3 heteroatoms. The molecule has 10 aromatic carbocycles. The Hall–Kier alpha value is -7.62. The van der Waals surface area contributed by atoms with Gasteiger partial charge in [-0.2, -0.15) is 0 Å². The van der Waals surface area contributed by atoms with Crippen LogP contribution in [0.2, 0.25) is 0 Å². The summed E-state index contributed by atoms with van der Waals surface area (Å²) < 4.78 is 9.27. The van der Waals surface area contributed by atoms with Crippen LogP contribution in [0.1, 0.15) is 0 Å². The van der Waals surface area contributed by atoms with E-state index in [9.17, 15) is 0 Å². The molecule has 0 spiro atoms. The minimum absolute atomic E-state index is 0.854. The lowest BCUT2D eigenvalue weighted by Gasteiger charge is -2.27. The smallest absolute Gasteiger partial charge is 0.138 e. The van der Waals surface area contributed by atoms with Gasteiger partial charge in [0.1, 0.15) is 11.2 Å². The Balaban J connectivity index is 1.17. The molecule has 0 amide bonds. The summed E-state index contributed by atoms with van der Waals surface area (Å²) >= 11 is 0. The van der Waals surface area contributed by atoms with Crippen molar-refractivity contribution in [3.05, 3.63) is 206 Å². The van der Waals surface area contributed by atoms with Gasteiger partial charge in [-0.15, -0.1) is 0 Å². The van der Waals surface area contributed by atoms with Crippen molar-refractivity contribution < 1.29 is 4.42 Å². The SMILES string of the molecule is c1ccc(N(c2ccc3ccc4ccccc4c3c2)c2cc(-c3ccc4c(c3)c3ccccc3n4-c3ccccc3)cc3oc4ccc5ccccc5c4c23)cc1. The van der Waals surface area contributed by atoms with Gasteiger partial charge in [0.2, 0.25) is 0 Å². The monoisotopic (exact) mass is 726 g/mol. The highest BCUT2D eigenvalue weighted by molar-refractivity contribution is 6.24. The molecule has 0 aliphatic heterocycles. The number of furan rings is 1. The van der Waals surface area contributed by atoms with E-state index >= 15 is 0 Å². The molecule has 0 atom stereocenters. The molecule has 0 aliphatic carbocycles. The number of hydrogen-bond donors (Lipinski definition) is 0. The Morgan fingerprint density at radius 3 is 1.81 bits per heavy atom. The Labute approximate surface area is 328 Å². The van der Waals surface area contributed by atoms with Crippen LogP contribution in [0.5, 0.6) is 0 Å². The van der Waals surface area contributed by atoms with Crippen molar-refractivity contribution >= 4 is 93.1 Å². The minimum Gasteiger partial charge on any atom is -0.456 e. The number of para-hydroxylation sites is 3. The van der Waals surface area contributed by atoms with Crippen LogP contribution in [0, 0.1) is 0 Å². The maximum absolute atomic E-state index is 6.90. The van der Waals surface area contributed by atoms with Crippen LogP contribution < -0.4 is 4.90 Å². The minimum atomic E-state index is 0.854. The van der Waals surface area contributed by atoms with Crippen molar-refractivity contribution in [3.8, 4) is 16.8 Å². The van der Waals surface area contributed by atoms with E-state index in [0.717, 1.165) is 55.8 Å². The van der Waals surface area contributed by atoms with E-state index in [1.807, 2.05) is 0 Å². The van der Waals surface area contributed by atoms with Crippen molar-refractivity contribution in [3.63, 3.8) is 0 Å². The van der Waals surface area contributed by atoms with Gasteiger partial charge in [-0.3, -0.25) is 0 Å². The number of anilines is 3. The van der Waals surface area contributed by atoms with Crippen molar-refractivity contribution in [1.29, 1.82) is 0 Å². The van der Waals surface area contributed by atoms with Gasteiger partial charge in [0.05, 0.1) is 22.1 Å². The molecule has 12 aromatic rings. The predicted octanol–water partition coefficient (Wildman–Crippen LogP) is 15.3. The van der Waals surface area contributed by atoms with E-state index in [1.54, 1.807) is 0 Å². The Bertz CT molecular complexity index is 3520. The molecule has 0 bridgehead atoms. The summed E-state index contributed by atoms with van der Waals surface area (Å²) in [4.78, 5) is 2.42. The van der Waals surface area contributed by atoms with Gasteiger partial charge in [-0.05, 0) is 116 Å². The maximum Gasteiger partial charge on any atom is 0.138 e. The fraction of sp³-hybridized carbons (Fsp3) is 0. The summed E-state index contributed by atoms with van der Waals surface area (Å²) in [6.45, 7) is 0. The van der Waals surface area contributed by atoms with Gasteiger partial charge in [0.15, 0.2) is 0 Å². The van der Waals surface area contributed by atoms with Crippen LogP contribution in [0.4, 0.5) is 17.1 Å². The van der Waals surface area contributed by atoms with Crippen LogP contribution in [-0.4, -0.2) is 4.57 Å². The van der Waals surface area contributed by atoms with Gasteiger partial charge in [-0.25, -0.2) is 0 Å². The first kappa shape index (κ1) is 31.7. The van der Waals surface area contributed by atoms with Crippen LogP contribution in [0.15, 0.2) is 211 Å². The van der Waals surface area contributed by atoms with Crippen molar-refractivity contribution in [2.45, 2.75) is 0 Å². The summed E-state index contributed by atoms with van der Waals surface area (Å²) in [6, 6.07) is 74.5. The maximum atomic E-state index is 6.90. The van der Waals surface area contributed by atoms with E-state index in [1.165, 1.54) is 54.1 Å². The molecular weight excluding hydrogens is 693 g/mol. The van der Waals surface area contributed by atoms with E-state index in [-0.39, 0.29) is 0 Å². The first-order valence-electron chi connectivity index (χ1n) is 19.5. The standard InChI is InChI=1S/C54H34N2O/c1-3-15-40(16-4-1)55(42-28-25-37-24-23-35-13-7-9-19-43(35)46(37)34-42)50-32-39(33-52-54(50)53-44-20-10-8-14-36(44)27-30-51(53)57-52)38-26-29-49-47(31-38)45-21-11-12-22-48(45)56(49)41-17-5-2-6-18-41/h1-34H. The Morgan fingerprint density at radius 2 is 0.982 bits per heavy atom. The number of hydrogen-bond acceptors (Lipinski definition) is 2. The van der Waals surface area contributed by atoms with E-state index in [0.29, 0.717) is 0 Å². The third-order valence-corrected chi connectivity index (χ3v) is 11.7. The van der Waals surface area contributed by atoms with E-state index < -0.39 is 0 Å². The van der Waals surface area contributed by atoms with Crippen molar-refractivity contribution in [2.24, 2.45) is 0 Å². The zero-order valence-corrected chi connectivity index (χ0v) is 30.9. The Kier molecular flexibility index (Phi) is 6.93. The van der Waals surface area contributed by atoms with Crippen molar-refractivity contribution in [1.82, 2.24) is 4.57 Å². The van der Waals surface area contributed by atoms with Gasteiger partial charge in [0.25, 0.3) is 0 Å². The highest BCUT2D eigenvalue weighted by Crippen LogP contribution is 2.48. The van der Waals surface area contributed by atoms with Gasteiger partial charge in [-0.1, -0.05) is 133 Å². The van der Waals surface area contributed by atoms with Gasteiger partial charge in [0, 0.05) is 33.2 Å². The highest BCUT2D eigenvalue weighted by Gasteiger charge is 2.23. The normalized spacial score (nSPS) is 11.9. The molecule has 57 heavy (non-hydrogen) atoms. The molecule has 0 radical (unpaired) electrons. The molecule has 2 aromatic heterocycles. The van der Waals surface area contributed by atoms with Crippen molar-refractivity contribution in [2.75, 3.05) is 4.90 Å². The van der Waals surface area contributed by atoms with Gasteiger partial charge >= 0.3 is 0 Å².